The monoisotopic (exact) mass is 682 g/mol. The fourth-order valence-corrected chi connectivity index (χ4v) is 9.01. The smallest absolute Gasteiger partial charge is 0.0865 e. The van der Waals surface area contributed by atoms with Crippen LogP contribution in [0.5, 0.6) is 0 Å². The summed E-state index contributed by atoms with van der Waals surface area (Å²) in [5.74, 6) is 0. The molecule has 2 aliphatic rings. The van der Waals surface area contributed by atoms with Gasteiger partial charge in [0.15, 0.2) is 0 Å². The van der Waals surface area contributed by atoms with Crippen LogP contribution in [0.1, 0.15) is 36.3 Å². The predicted molar refractivity (Wildman–Crippen MR) is 222 cm³/mol. The minimum Gasteiger partial charge on any atom is -0.309 e. The van der Waals surface area contributed by atoms with Crippen LogP contribution >= 0.6 is 0 Å². The average Bonchev–Trinajstić information content (AvgIpc) is 3.59. The Hall–Kier alpha value is -6.04. The molecule has 53 heavy (non-hydrogen) atoms. The van der Waals surface area contributed by atoms with Crippen molar-refractivity contribution in [1.82, 2.24) is 20.5 Å². The zero-order valence-corrected chi connectivity index (χ0v) is 29.3. The van der Waals surface area contributed by atoms with Crippen molar-refractivity contribution in [3.8, 4) is 5.69 Å². The van der Waals surface area contributed by atoms with Gasteiger partial charge in [0.2, 0.25) is 0 Å². The highest BCUT2D eigenvalue weighted by Gasteiger charge is 2.31. The number of benzene rings is 8. The minimum absolute atomic E-state index is 0.00486. The first-order valence-corrected chi connectivity index (χ1v) is 18.8. The molecule has 9 aromatic rings. The molecule has 3 atom stereocenters. The number of para-hydroxylation sites is 1. The summed E-state index contributed by atoms with van der Waals surface area (Å²) in [6, 6.07) is 55.8. The molecule has 11 rings (SSSR count). The lowest BCUT2D eigenvalue weighted by atomic mass is 9.93. The number of aromatic nitrogens is 1. The van der Waals surface area contributed by atoms with Crippen LogP contribution < -0.4 is 16.0 Å². The molecule has 0 saturated carbocycles. The normalized spacial score (nSPS) is 19.2. The van der Waals surface area contributed by atoms with Gasteiger partial charge in [0.05, 0.1) is 29.5 Å². The van der Waals surface area contributed by atoms with E-state index in [2.05, 4.69) is 190 Å². The third kappa shape index (κ3) is 4.95. The zero-order valence-electron chi connectivity index (χ0n) is 29.3. The van der Waals surface area contributed by atoms with Gasteiger partial charge in [0.1, 0.15) is 0 Å². The Bertz CT molecular complexity index is 2970. The van der Waals surface area contributed by atoms with E-state index in [1.807, 2.05) is 0 Å². The Morgan fingerprint density at radius 3 is 1.96 bits per heavy atom. The van der Waals surface area contributed by atoms with Gasteiger partial charge in [-0.15, -0.1) is 0 Å². The number of hydrogen-bond donors (Lipinski definition) is 3. The highest BCUT2D eigenvalue weighted by atomic mass is 15.4. The van der Waals surface area contributed by atoms with Crippen molar-refractivity contribution in [3.63, 3.8) is 0 Å². The van der Waals surface area contributed by atoms with Crippen LogP contribution in [0, 0.1) is 0 Å². The van der Waals surface area contributed by atoms with Crippen LogP contribution in [0.15, 0.2) is 175 Å². The van der Waals surface area contributed by atoms with Gasteiger partial charge in [-0.1, -0.05) is 146 Å². The molecule has 4 nitrogen and oxygen atoms in total. The maximum absolute atomic E-state index is 3.96. The van der Waals surface area contributed by atoms with E-state index in [4.69, 9.17) is 0 Å². The van der Waals surface area contributed by atoms with Crippen LogP contribution in [0.2, 0.25) is 0 Å². The van der Waals surface area contributed by atoms with Crippen molar-refractivity contribution in [2.45, 2.75) is 31.3 Å². The van der Waals surface area contributed by atoms with E-state index in [-0.39, 0.29) is 18.5 Å². The van der Waals surface area contributed by atoms with Gasteiger partial charge in [-0.3, -0.25) is 16.0 Å². The second-order valence-corrected chi connectivity index (χ2v) is 14.5. The lowest BCUT2D eigenvalue weighted by molar-refractivity contribution is 0.224. The molecule has 1 aliphatic heterocycles. The van der Waals surface area contributed by atoms with E-state index in [9.17, 15) is 0 Å². The summed E-state index contributed by atoms with van der Waals surface area (Å²) in [4.78, 5) is 0. The van der Waals surface area contributed by atoms with Gasteiger partial charge in [0.25, 0.3) is 0 Å². The summed E-state index contributed by atoms with van der Waals surface area (Å²) in [6.07, 6.45) is 8.95. The number of nitrogens with one attached hydrogen (secondary N) is 3. The Kier molecular flexibility index (Phi) is 7.09. The molecule has 0 radical (unpaired) electrons. The van der Waals surface area contributed by atoms with Gasteiger partial charge < -0.3 is 4.57 Å². The Morgan fingerprint density at radius 1 is 0.453 bits per heavy atom. The van der Waals surface area contributed by atoms with Gasteiger partial charge in [0, 0.05) is 27.2 Å². The standard InChI is InChI=1S/C49H38N4/c1-2-15-33(16-3-1)47-50-48(52-49(51-47)36-26-25-31-13-4-5-17-34(31)29-36)35-18-12-19-37(30-35)53-43-24-11-10-23-42(43)45-44-38-20-7-6-14-32(38)27-28-40(44)39-21-8-9-22-41(39)46(45)53/h2,4-30,47-52H,1,3H2. The third-order valence-electron chi connectivity index (χ3n) is 11.5. The summed E-state index contributed by atoms with van der Waals surface area (Å²) in [5, 5.41) is 24.6. The molecule has 1 fully saturated rings. The fraction of sp³-hybridized carbons (Fsp3) is 0.102. The second kappa shape index (κ2) is 12.3. The summed E-state index contributed by atoms with van der Waals surface area (Å²) >= 11 is 0. The van der Waals surface area contributed by atoms with E-state index >= 15 is 0 Å². The largest absolute Gasteiger partial charge is 0.309 e. The van der Waals surface area contributed by atoms with Gasteiger partial charge in [-0.25, -0.2) is 0 Å². The summed E-state index contributed by atoms with van der Waals surface area (Å²) in [6.45, 7) is 0. The molecule has 4 heteroatoms. The lowest BCUT2D eigenvalue weighted by Crippen LogP contribution is -2.59. The Morgan fingerprint density at radius 2 is 1.13 bits per heavy atom. The quantitative estimate of drug-likeness (QED) is 0.162. The van der Waals surface area contributed by atoms with Gasteiger partial charge in [-0.2, -0.15) is 0 Å². The van der Waals surface area contributed by atoms with E-state index < -0.39 is 0 Å². The van der Waals surface area contributed by atoms with E-state index in [1.54, 1.807) is 0 Å². The summed E-state index contributed by atoms with van der Waals surface area (Å²) in [7, 11) is 0. The SMILES string of the molecule is C1=CC(C2NC(c3cccc(-n4c5ccccc5c5c6c7ccccc7ccc6c6ccccc6c54)c3)NC(c3ccc4ccccc4c3)N2)=CCC1. The van der Waals surface area contributed by atoms with Gasteiger partial charge >= 0.3 is 0 Å². The molecule has 3 N–H and O–H groups in total. The number of hydrogen-bond acceptors (Lipinski definition) is 3. The molecule has 2 heterocycles. The molecule has 0 spiro atoms. The number of fused-ring (bicyclic) bond motifs is 11. The van der Waals surface area contributed by atoms with Crippen molar-refractivity contribution in [2.75, 3.05) is 0 Å². The van der Waals surface area contributed by atoms with Crippen LogP contribution in [0.25, 0.3) is 70.6 Å². The van der Waals surface area contributed by atoms with Crippen molar-refractivity contribution < 1.29 is 0 Å². The van der Waals surface area contributed by atoms with Crippen LogP contribution in [-0.2, 0) is 0 Å². The van der Waals surface area contributed by atoms with E-state index in [1.165, 1.54) is 81.6 Å². The van der Waals surface area contributed by atoms with Crippen LogP contribution in [-0.4, -0.2) is 10.7 Å². The first kappa shape index (κ1) is 30.6. The number of nitrogens with zero attached hydrogens (tertiary/aromatic N) is 1. The minimum atomic E-state index is -0.0940. The molecule has 1 aliphatic carbocycles. The first-order valence-electron chi connectivity index (χ1n) is 18.8. The first-order chi connectivity index (χ1) is 26.3. The number of allylic oxidation sites excluding steroid dienone is 2. The average molecular weight is 683 g/mol. The number of rotatable bonds is 4. The molecule has 254 valence electrons. The van der Waals surface area contributed by atoms with E-state index in [0.29, 0.717) is 0 Å². The molecular formula is C49H38N4. The predicted octanol–water partition coefficient (Wildman–Crippen LogP) is 11.5. The van der Waals surface area contributed by atoms with Crippen LogP contribution in [0.3, 0.4) is 0 Å². The Labute approximate surface area is 308 Å². The second-order valence-electron chi connectivity index (χ2n) is 14.5. The van der Waals surface area contributed by atoms with Crippen molar-refractivity contribution in [2.24, 2.45) is 0 Å². The summed E-state index contributed by atoms with van der Waals surface area (Å²) in [5.41, 5.74) is 7.32. The fourth-order valence-electron chi connectivity index (χ4n) is 9.01. The van der Waals surface area contributed by atoms with Crippen LogP contribution in [0.4, 0.5) is 0 Å². The molecule has 3 unspecified atom stereocenters. The third-order valence-corrected chi connectivity index (χ3v) is 11.5. The van der Waals surface area contributed by atoms with Gasteiger partial charge in [-0.05, 0) is 86.1 Å². The van der Waals surface area contributed by atoms with Crippen molar-refractivity contribution in [1.29, 1.82) is 0 Å². The maximum Gasteiger partial charge on any atom is 0.0865 e. The highest BCUT2D eigenvalue weighted by Crippen LogP contribution is 2.45. The summed E-state index contributed by atoms with van der Waals surface area (Å²) < 4.78 is 2.50. The molecule has 1 aromatic heterocycles. The molecule has 1 saturated heterocycles. The molecule has 0 bridgehead atoms. The molecular weight excluding hydrogens is 645 g/mol. The van der Waals surface area contributed by atoms with Crippen molar-refractivity contribution in [3.05, 3.63) is 187 Å². The zero-order chi connectivity index (χ0) is 34.9. The molecule has 0 amide bonds. The highest BCUT2D eigenvalue weighted by molar-refractivity contribution is 6.36. The maximum atomic E-state index is 3.96. The lowest BCUT2D eigenvalue weighted by Gasteiger charge is -2.40. The Balaban J connectivity index is 1.11. The van der Waals surface area contributed by atoms with E-state index in [0.717, 1.165) is 18.5 Å². The molecule has 8 aromatic carbocycles. The van der Waals surface area contributed by atoms with Crippen molar-refractivity contribution >= 4 is 64.9 Å². The topological polar surface area (TPSA) is 41.0 Å².